The van der Waals surface area contributed by atoms with Crippen molar-refractivity contribution < 1.29 is 8.42 Å². The maximum absolute atomic E-state index is 11.1. The van der Waals surface area contributed by atoms with Crippen LogP contribution in [0, 0.1) is 11.8 Å². The van der Waals surface area contributed by atoms with Crippen LogP contribution in [-0.2, 0) is 9.84 Å². The summed E-state index contributed by atoms with van der Waals surface area (Å²) in [7, 11) is -2.64. The molecule has 72 valence electrons. The molecule has 1 aliphatic heterocycles. The summed E-state index contributed by atoms with van der Waals surface area (Å²) in [6.45, 7) is 4.37. The fraction of sp³-hybridized carbons (Fsp3) is 1.00. The van der Waals surface area contributed by atoms with Gasteiger partial charge in [0.2, 0.25) is 0 Å². The quantitative estimate of drug-likeness (QED) is 0.680. The Labute approximate surface area is 75.3 Å². The molecule has 0 aliphatic carbocycles. The molecule has 1 fully saturated rings. The van der Waals surface area contributed by atoms with E-state index in [4.69, 9.17) is 0 Å². The van der Waals surface area contributed by atoms with E-state index >= 15 is 0 Å². The molecule has 2 nitrogen and oxygen atoms in total. The van der Waals surface area contributed by atoms with Gasteiger partial charge >= 0.3 is 0 Å². The van der Waals surface area contributed by atoms with Crippen LogP contribution >= 0.6 is 0 Å². The highest BCUT2D eigenvalue weighted by Crippen LogP contribution is 2.24. The Hall–Kier alpha value is -0.0500. The van der Waals surface area contributed by atoms with Crippen molar-refractivity contribution >= 4 is 9.84 Å². The first kappa shape index (κ1) is 10.0. The summed E-state index contributed by atoms with van der Waals surface area (Å²) in [6, 6.07) is 0. The van der Waals surface area contributed by atoms with Gasteiger partial charge in [0.15, 0.2) is 9.84 Å². The highest BCUT2D eigenvalue weighted by atomic mass is 32.2. The van der Waals surface area contributed by atoms with Crippen molar-refractivity contribution in [1.29, 1.82) is 0 Å². The van der Waals surface area contributed by atoms with E-state index in [1.807, 2.05) is 0 Å². The molecule has 0 radical (unpaired) electrons. The van der Waals surface area contributed by atoms with Crippen molar-refractivity contribution in [2.45, 2.75) is 33.1 Å². The SMILES string of the molecule is CC(C)CCC1CCS(=O)(=O)C1. The second-order valence-electron chi connectivity index (χ2n) is 4.24. The predicted octanol–water partition coefficient (Wildman–Crippen LogP) is 1.86. The van der Waals surface area contributed by atoms with E-state index in [9.17, 15) is 8.42 Å². The molecular formula is C9H18O2S. The summed E-state index contributed by atoms with van der Waals surface area (Å²) in [5, 5.41) is 0. The standard InChI is InChI=1S/C9H18O2S/c1-8(2)3-4-9-5-6-12(10,11)7-9/h8-9H,3-7H2,1-2H3. The first-order valence-corrected chi connectivity index (χ1v) is 6.52. The van der Waals surface area contributed by atoms with Crippen LogP contribution in [-0.4, -0.2) is 19.9 Å². The molecule has 1 aliphatic rings. The fourth-order valence-corrected chi connectivity index (χ4v) is 3.58. The smallest absolute Gasteiger partial charge is 0.150 e. The summed E-state index contributed by atoms with van der Waals surface area (Å²) in [6.07, 6.45) is 3.16. The van der Waals surface area contributed by atoms with Crippen LogP contribution in [0.2, 0.25) is 0 Å². The Bertz CT molecular complexity index is 229. The minimum absolute atomic E-state index is 0.426. The van der Waals surface area contributed by atoms with Gasteiger partial charge in [0.25, 0.3) is 0 Å². The molecule has 0 amide bonds. The zero-order valence-electron chi connectivity index (χ0n) is 7.91. The molecule has 3 heteroatoms. The molecule has 0 aromatic heterocycles. The van der Waals surface area contributed by atoms with E-state index in [1.165, 1.54) is 6.42 Å². The van der Waals surface area contributed by atoms with E-state index in [2.05, 4.69) is 13.8 Å². The number of rotatable bonds is 3. The molecule has 0 saturated carbocycles. The Morgan fingerprint density at radius 3 is 2.50 bits per heavy atom. The van der Waals surface area contributed by atoms with Crippen molar-refractivity contribution in [3.63, 3.8) is 0 Å². The number of hydrogen-bond acceptors (Lipinski definition) is 2. The van der Waals surface area contributed by atoms with E-state index in [1.54, 1.807) is 0 Å². The van der Waals surface area contributed by atoms with Crippen LogP contribution < -0.4 is 0 Å². The van der Waals surface area contributed by atoms with Crippen molar-refractivity contribution in [2.24, 2.45) is 11.8 Å². The zero-order chi connectivity index (χ0) is 9.19. The van der Waals surface area contributed by atoms with Crippen LogP contribution in [0.15, 0.2) is 0 Å². The normalized spacial score (nSPS) is 28.1. The van der Waals surface area contributed by atoms with Gasteiger partial charge in [-0.15, -0.1) is 0 Å². The lowest BCUT2D eigenvalue weighted by Crippen LogP contribution is -2.05. The van der Waals surface area contributed by atoms with Gasteiger partial charge in [0.1, 0.15) is 0 Å². The third-order valence-corrected chi connectivity index (χ3v) is 4.32. The average molecular weight is 190 g/mol. The van der Waals surface area contributed by atoms with Crippen LogP contribution in [0.4, 0.5) is 0 Å². The van der Waals surface area contributed by atoms with Gasteiger partial charge in [-0.05, 0) is 24.7 Å². The first-order chi connectivity index (χ1) is 5.49. The highest BCUT2D eigenvalue weighted by Gasteiger charge is 2.27. The van der Waals surface area contributed by atoms with Gasteiger partial charge < -0.3 is 0 Å². The predicted molar refractivity (Wildman–Crippen MR) is 50.8 cm³/mol. The molecule has 0 N–H and O–H groups in total. The van der Waals surface area contributed by atoms with Crippen LogP contribution in [0.3, 0.4) is 0 Å². The summed E-state index contributed by atoms with van der Waals surface area (Å²) >= 11 is 0. The summed E-state index contributed by atoms with van der Waals surface area (Å²) in [4.78, 5) is 0. The molecule has 0 aromatic carbocycles. The lowest BCUT2D eigenvalue weighted by atomic mass is 9.98. The third kappa shape index (κ3) is 3.13. The molecule has 1 unspecified atom stereocenters. The van der Waals surface area contributed by atoms with Gasteiger partial charge in [-0.1, -0.05) is 20.3 Å². The first-order valence-electron chi connectivity index (χ1n) is 4.70. The summed E-state index contributed by atoms with van der Waals surface area (Å²) in [5.41, 5.74) is 0. The third-order valence-electron chi connectivity index (χ3n) is 2.48. The Morgan fingerprint density at radius 1 is 1.42 bits per heavy atom. The second kappa shape index (κ2) is 3.77. The number of sulfone groups is 1. The largest absolute Gasteiger partial charge is 0.229 e. The molecule has 0 aromatic rings. The summed E-state index contributed by atoms with van der Waals surface area (Å²) in [5.74, 6) is 2.03. The monoisotopic (exact) mass is 190 g/mol. The van der Waals surface area contributed by atoms with Gasteiger partial charge in [-0.2, -0.15) is 0 Å². The lowest BCUT2D eigenvalue weighted by molar-refractivity contribution is 0.456. The van der Waals surface area contributed by atoms with Crippen LogP contribution in [0.1, 0.15) is 33.1 Å². The van der Waals surface area contributed by atoms with E-state index in [0.29, 0.717) is 23.3 Å². The molecule has 1 saturated heterocycles. The molecule has 0 bridgehead atoms. The number of hydrogen-bond donors (Lipinski definition) is 0. The Kier molecular flexibility index (Phi) is 3.16. The molecule has 1 heterocycles. The fourth-order valence-electron chi connectivity index (χ4n) is 1.67. The van der Waals surface area contributed by atoms with Crippen molar-refractivity contribution in [3.8, 4) is 0 Å². The van der Waals surface area contributed by atoms with Crippen molar-refractivity contribution in [2.75, 3.05) is 11.5 Å². The Balaban J connectivity index is 2.29. The maximum atomic E-state index is 11.1. The molecular weight excluding hydrogens is 172 g/mol. The highest BCUT2D eigenvalue weighted by molar-refractivity contribution is 7.91. The topological polar surface area (TPSA) is 34.1 Å². The summed E-state index contributed by atoms with van der Waals surface area (Å²) < 4.78 is 22.2. The molecule has 1 rings (SSSR count). The van der Waals surface area contributed by atoms with Gasteiger partial charge in [0.05, 0.1) is 11.5 Å². The van der Waals surface area contributed by atoms with E-state index in [0.717, 1.165) is 12.8 Å². The van der Waals surface area contributed by atoms with Crippen LogP contribution in [0.5, 0.6) is 0 Å². The molecule has 1 atom stereocenters. The Morgan fingerprint density at radius 2 is 2.08 bits per heavy atom. The van der Waals surface area contributed by atoms with E-state index < -0.39 is 9.84 Å². The lowest BCUT2D eigenvalue weighted by Gasteiger charge is -2.08. The zero-order valence-corrected chi connectivity index (χ0v) is 8.73. The van der Waals surface area contributed by atoms with Gasteiger partial charge in [-0.3, -0.25) is 0 Å². The minimum Gasteiger partial charge on any atom is -0.229 e. The average Bonchev–Trinajstić information content (AvgIpc) is 2.26. The molecule has 12 heavy (non-hydrogen) atoms. The van der Waals surface area contributed by atoms with Gasteiger partial charge in [0, 0.05) is 0 Å². The van der Waals surface area contributed by atoms with Crippen molar-refractivity contribution in [3.05, 3.63) is 0 Å². The van der Waals surface area contributed by atoms with Gasteiger partial charge in [-0.25, -0.2) is 8.42 Å². The molecule has 0 spiro atoms. The minimum atomic E-state index is -2.64. The van der Waals surface area contributed by atoms with Crippen molar-refractivity contribution in [1.82, 2.24) is 0 Å². The van der Waals surface area contributed by atoms with E-state index in [-0.39, 0.29) is 0 Å². The maximum Gasteiger partial charge on any atom is 0.150 e. The van der Waals surface area contributed by atoms with Crippen LogP contribution in [0.25, 0.3) is 0 Å². The second-order valence-corrected chi connectivity index (χ2v) is 6.47.